The van der Waals surface area contributed by atoms with Crippen molar-refractivity contribution in [3.05, 3.63) is 177 Å². The van der Waals surface area contributed by atoms with Gasteiger partial charge >= 0.3 is 0 Å². The molecule has 0 fully saturated rings. The highest BCUT2D eigenvalue weighted by Gasteiger charge is 2.18. The van der Waals surface area contributed by atoms with Gasteiger partial charge in [0.15, 0.2) is 0 Å². The smallest absolute Gasteiger partial charge is 0.138 e. The lowest BCUT2D eigenvalue weighted by atomic mass is 10.0. The zero-order valence-electron chi connectivity index (χ0n) is 28.1. The molecule has 0 aliphatic carbocycles. The number of hydrogen-bond donors (Lipinski definition) is 0. The molecule has 51 heavy (non-hydrogen) atoms. The molecule has 5 aromatic heterocycles. The summed E-state index contributed by atoms with van der Waals surface area (Å²) in [6.45, 7) is 5.25. The fourth-order valence-corrected chi connectivity index (χ4v) is 7.23. The molecule has 0 atom stereocenters. The molecular weight excluding hydrogens is 623 g/mol. The maximum Gasteiger partial charge on any atom is 0.138 e. The summed E-state index contributed by atoms with van der Waals surface area (Å²) in [5, 5.41) is 7.20. The van der Waals surface area contributed by atoms with E-state index in [2.05, 4.69) is 136 Å². The van der Waals surface area contributed by atoms with Crippen molar-refractivity contribution in [3.63, 3.8) is 0 Å². The van der Waals surface area contributed by atoms with Gasteiger partial charge < -0.3 is 4.57 Å². The monoisotopic (exact) mass is 655 g/mol. The van der Waals surface area contributed by atoms with Gasteiger partial charge in [0.1, 0.15) is 5.82 Å². The van der Waals surface area contributed by atoms with Crippen molar-refractivity contribution in [2.75, 3.05) is 0 Å². The second-order valence-electron chi connectivity index (χ2n) is 12.6. The number of aromatic nitrogens is 5. The van der Waals surface area contributed by atoms with Crippen LogP contribution in [0.4, 0.5) is 0 Å². The second kappa shape index (κ2) is 12.6. The highest BCUT2D eigenvalue weighted by Crippen LogP contribution is 2.39. The Bertz CT molecular complexity index is 2870. The molecule has 0 amide bonds. The predicted octanol–water partition coefficient (Wildman–Crippen LogP) is 11.7. The Morgan fingerprint density at radius 3 is 1.75 bits per heavy atom. The van der Waals surface area contributed by atoms with Gasteiger partial charge in [0.25, 0.3) is 0 Å². The van der Waals surface area contributed by atoms with E-state index in [1.165, 1.54) is 32.3 Å². The Kier molecular flexibility index (Phi) is 7.44. The Balaban J connectivity index is 0.00000112. The summed E-state index contributed by atoms with van der Waals surface area (Å²) in [6, 6.07) is 51.5. The summed E-state index contributed by atoms with van der Waals surface area (Å²) in [6.07, 6.45) is 7.36. The van der Waals surface area contributed by atoms with Gasteiger partial charge in [-0.15, -0.1) is 6.58 Å². The van der Waals surface area contributed by atoms with Gasteiger partial charge in [-0.25, -0.2) is 4.98 Å². The number of rotatable bonds is 4. The summed E-state index contributed by atoms with van der Waals surface area (Å²) in [5.41, 5.74) is 9.66. The Hall–Kier alpha value is -6.85. The van der Waals surface area contributed by atoms with Crippen LogP contribution < -0.4 is 0 Å². The van der Waals surface area contributed by atoms with Crippen LogP contribution in [-0.2, 0) is 0 Å². The van der Waals surface area contributed by atoms with Crippen molar-refractivity contribution in [2.45, 2.75) is 6.92 Å². The number of allylic oxidation sites excluding steroid dienone is 1. The molecule has 0 saturated carbocycles. The van der Waals surface area contributed by atoms with Crippen LogP contribution in [-0.4, -0.2) is 24.1 Å². The highest BCUT2D eigenvalue weighted by atomic mass is 15.1. The van der Waals surface area contributed by atoms with Gasteiger partial charge in [-0.2, -0.15) is 0 Å². The average molecular weight is 656 g/mol. The van der Waals surface area contributed by atoms with E-state index in [9.17, 15) is 0 Å². The maximum absolute atomic E-state index is 5.14. The van der Waals surface area contributed by atoms with E-state index in [1.807, 2.05) is 55.8 Å². The largest absolute Gasteiger partial charge is 0.308 e. The molecule has 0 aliphatic heterocycles. The average Bonchev–Trinajstić information content (AvgIpc) is 3.69. The number of hydrogen-bond acceptors (Lipinski definition) is 3. The first-order valence-electron chi connectivity index (χ1n) is 17.1. The highest BCUT2D eigenvalue weighted by molar-refractivity contribution is 6.18. The molecule has 5 heteroatoms. The number of nitrogens with zero attached hydrogens (tertiary/aromatic N) is 5. The third kappa shape index (κ3) is 5.15. The van der Waals surface area contributed by atoms with Crippen LogP contribution in [0.5, 0.6) is 0 Å². The Morgan fingerprint density at radius 2 is 1.10 bits per heavy atom. The first-order valence-corrected chi connectivity index (χ1v) is 17.1. The molecule has 0 saturated heterocycles. The third-order valence-electron chi connectivity index (χ3n) is 9.44. The molecule has 5 aromatic carbocycles. The van der Waals surface area contributed by atoms with Crippen LogP contribution >= 0.6 is 0 Å². The molecule has 0 unspecified atom stereocenters. The van der Waals surface area contributed by atoms with E-state index < -0.39 is 0 Å². The van der Waals surface area contributed by atoms with Crippen molar-refractivity contribution in [2.24, 2.45) is 0 Å². The van der Waals surface area contributed by atoms with Crippen LogP contribution in [0.2, 0.25) is 0 Å². The Morgan fingerprint density at radius 1 is 0.510 bits per heavy atom. The summed E-state index contributed by atoms with van der Waals surface area (Å²) < 4.78 is 4.64. The van der Waals surface area contributed by atoms with Crippen LogP contribution in [0.3, 0.4) is 0 Å². The van der Waals surface area contributed by atoms with Crippen LogP contribution in [0, 0.1) is 0 Å². The number of para-hydroxylation sites is 2. The lowest BCUT2D eigenvalue weighted by Gasteiger charge is -2.11. The van der Waals surface area contributed by atoms with E-state index in [4.69, 9.17) is 9.97 Å². The fraction of sp³-hybridized carbons (Fsp3) is 0.0217. The van der Waals surface area contributed by atoms with Crippen molar-refractivity contribution in [1.29, 1.82) is 0 Å². The zero-order valence-corrected chi connectivity index (χ0v) is 28.1. The normalized spacial score (nSPS) is 11.3. The third-order valence-corrected chi connectivity index (χ3v) is 9.44. The molecule has 242 valence electrons. The van der Waals surface area contributed by atoms with Gasteiger partial charge in [0, 0.05) is 45.1 Å². The minimum atomic E-state index is 0.888. The first kappa shape index (κ1) is 30.2. The Labute approximate surface area is 295 Å². The van der Waals surface area contributed by atoms with E-state index in [0.717, 1.165) is 56.1 Å². The predicted molar refractivity (Wildman–Crippen MR) is 213 cm³/mol. The van der Waals surface area contributed by atoms with Crippen LogP contribution in [0.1, 0.15) is 6.92 Å². The summed E-state index contributed by atoms with van der Waals surface area (Å²) in [4.78, 5) is 14.2. The van der Waals surface area contributed by atoms with Crippen molar-refractivity contribution in [1.82, 2.24) is 24.1 Å². The minimum Gasteiger partial charge on any atom is -0.308 e. The summed E-state index contributed by atoms with van der Waals surface area (Å²) in [7, 11) is 0. The second-order valence-corrected chi connectivity index (χ2v) is 12.6. The quantitative estimate of drug-likeness (QED) is 0.177. The topological polar surface area (TPSA) is 48.5 Å². The van der Waals surface area contributed by atoms with Gasteiger partial charge in [-0.3, -0.25) is 14.5 Å². The van der Waals surface area contributed by atoms with Gasteiger partial charge in [-0.1, -0.05) is 78.9 Å². The van der Waals surface area contributed by atoms with Gasteiger partial charge in [0.2, 0.25) is 0 Å². The number of fused-ring (bicyclic) bond motifs is 7. The molecule has 0 N–H and O–H groups in total. The van der Waals surface area contributed by atoms with Gasteiger partial charge in [-0.05, 0) is 90.5 Å². The first-order chi connectivity index (χ1) is 25.2. The number of benzene rings is 5. The molecule has 5 heterocycles. The van der Waals surface area contributed by atoms with Crippen molar-refractivity contribution in [3.8, 4) is 34.0 Å². The van der Waals surface area contributed by atoms with Crippen LogP contribution in [0.25, 0.3) is 88.4 Å². The number of pyridine rings is 3. The summed E-state index contributed by atoms with van der Waals surface area (Å²) >= 11 is 0. The van der Waals surface area contributed by atoms with Crippen LogP contribution in [0.15, 0.2) is 177 Å². The molecule has 10 aromatic rings. The molecule has 0 radical (unpaired) electrons. The fourth-order valence-electron chi connectivity index (χ4n) is 7.23. The SMILES string of the molecule is C=CC.c1ccc(-c2ccc(-n3c4ccccc4c4cc5cc6c(cc5cc43)c3ccccc3n6-c3cccc(-c4ccncc4)n3)cn2)cc1. The molecule has 5 nitrogen and oxygen atoms in total. The lowest BCUT2D eigenvalue weighted by molar-refractivity contribution is 1.08. The molecule has 0 spiro atoms. The van der Waals surface area contributed by atoms with Crippen molar-refractivity contribution < 1.29 is 0 Å². The maximum atomic E-state index is 5.14. The van der Waals surface area contributed by atoms with E-state index in [-0.39, 0.29) is 0 Å². The lowest BCUT2D eigenvalue weighted by Crippen LogP contribution is -1.98. The van der Waals surface area contributed by atoms with E-state index in [1.54, 1.807) is 6.08 Å². The molecule has 0 bridgehead atoms. The minimum absolute atomic E-state index is 0.888. The van der Waals surface area contributed by atoms with E-state index in [0.29, 0.717) is 0 Å². The van der Waals surface area contributed by atoms with Crippen molar-refractivity contribution >= 4 is 54.4 Å². The molecular formula is C46H33N5. The molecule has 0 aliphatic rings. The standard InChI is InChI=1S/C43H27N5.C3H6/c1-2-9-28(10-3-1)37-18-17-32(27-45-37)47-39-14-6-4-11-33(39)35-23-31-26-42-36(24-30(31)25-41(35)47)34-12-5-7-15-40(34)48(42)43-16-8-13-38(46-43)29-19-21-44-22-20-29;1-3-2/h1-27H;3H,1H2,2H3. The van der Waals surface area contributed by atoms with Gasteiger partial charge in [0.05, 0.1) is 45.3 Å². The molecule has 10 rings (SSSR count). The van der Waals surface area contributed by atoms with E-state index >= 15 is 0 Å². The summed E-state index contributed by atoms with van der Waals surface area (Å²) in [5.74, 6) is 0.888. The zero-order chi connectivity index (χ0) is 34.3.